The van der Waals surface area contributed by atoms with Crippen LogP contribution in [0, 0.1) is 0 Å². The summed E-state index contributed by atoms with van der Waals surface area (Å²) in [6.07, 6.45) is -10.6. The first-order valence-corrected chi connectivity index (χ1v) is 10.6. The van der Waals surface area contributed by atoms with E-state index in [4.69, 9.17) is 4.74 Å². The summed E-state index contributed by atoms with van der Waals surface area (Å²) in [6.45, 7) is 1.91. The van der Waals surface area contributed by atoms with Crippen LogP contribution in [0.3, 0.4) is 0 Å². The van der Waals surface area contributed by atoms with Gasteiger partial charge in [-0.1, -0.05) is 18.2 Å². The molecule has 5 nitrogen and oxygen atoms in total. The minimum absolute atomic E-state index is 0.0155. The van der Waals surface area contributed by atoms with Crippen LogP contribution in [0.25, 0.3) is 0 Å². The Balaban J connectivity index is 2.21. The Bertz CT molecular complexity index is 1130. The maximum atomic E-state index is 13.4. The number of esters is 1. The van der Waals surface area contributed by atoms with Crippen LogP contribution < -0.4 is 0 Å². The van der Waals surface area contributed by atoms with E-state index in [2.05, 4.69) is 0 Å². The van der Waals surface area contributed by atoms with Crippen LogP contribution in [0.4, 0.5) is 26.3 Å². The topological polar surface area (TPSA) is 63.7 Å². The predicted octanol–water partition coefficient (Wildman–Crippen LogP) is 5.51. The number of fused-ring (bicyclic) bond motifs is 1. The molecule has 1 heterocycles. The fraction of sp³-hybridized carbons (Fsp3) is 0.375. The normalized spacial score (nSPS) is 17.9. The number of ether oxygens (including phenoxy) is 1. The van der Waals surface area contributed by atoms with Crippen molar-refractivity contribution in [1.29, 1.82) is 0 Å². The summed E-state index contributed by atoms with van der Waals surface area (Å²) < 4.78 is 85.4. The number of nitrogens with zero attached hydrogens (tertiary/aromatic N) is 1. The summed E-state index contributed by atoms with van der Waals surface area (Å²) >= 11 is 0. The second-order valence-corrected chi connectivity index (χ2v) is 8.13. The number of hydrogen-bond acceptors (Lipinski definition) is 4. The molecule has 0 saturated heterocycles. The molecule has 1 aliphatic heterocycles. The zero-order valence-corrected chi connectivity index (χ0v) is 18.7. The summed E-state index contributed by atoms with van der Waals surface area (Å²) in [6, 6.07) is 6.89. The van der Waals surface area contributed by atoms with Gasteiger partial charge in [-0.05, 0) is 50.1 Å². The lowest BCUT2D eigenvalue weighted by Gasteiger charge is -2.37. The van der Waals surface area contributed by atoms with Crippen molar-refractivity contribution in [3.05, 3.63) is 70.3 Å². The van der Waals surface area contributed by atoms with Crippen LogP contribution in [-0.4, -0.2) is 29.2 Å². The fourth-order valence-electron chi connectivity index (χ4n) is 4.19. The lowest BCUT2D eigenvalue weighted by molar-refractivity contribution is -0.158. The van der Waals surface area contributed by atoms with Gasteiger partial charge in [0.25, 0.3) is 5.91 Å². The number of carbonyl (C=O) groups is 3. The van der Waals surface area contributed by atoms with E-state index >= 15 is 0 Å². The molecule has 11 heteroatoms. The number of Topliss-reactive ketones (excluding diaryl/α,β-unsaturated/α-hetero) is 1. The van der Waals surface area contributed by atoms with E-state index in [-0.39, 0.29) is 42.4 Å². The van der Waals surface area contributed by atoms with Gasteiger partial charge in [0.15, 0.2) is 5.54 Å². The summed E-state index contributed by atoms with van der Waals surface area (Å²) in [5.74, 6) is -2.03. The van der Waals surface area contributed by atoms with Crippen molar-refractivity contribution in [2.75, 3.05) is 6.61 Å². The Labute approximate surface area is 196 Å². The first-order valence-electron chi connectivity index (χ1n) is 10.6. The summed E-state index contributed by atoms with van der Waals surface area (Å²) in [4.78, 5) is 39.3. The highest BCUT2D eigenvalue weighted by Crippen LogP contribution is 2.45. The van der Waals surface area contributed by atoms with Crippen LogP contribution in [0.5, 0.6) is 0 Å². The zero-order valence-electron chi connectivity index (χ0n) is 18.7. The molecule has 1 unspecified atom stereocenters. The second-order valence-electron chi connectivity index (χ2n) is 8.13. The molecule has 188 valence electrons. The van der Waals surface area contributed by atoms with E-state index in [0.29, 0.717) is 12.1 Å². The third-order valence-electron chi connectivity index (χ3n) is 5.75. The number of halogens is 6. The standard InChI is InChI=1S/C24H21F6NO4/c1-3-35-21(34)22(9-8-14(2)32)19-7-5-4-6-18(19)20(33)31(22)13-15-10-16(23(25,26)27)12-17(11-15)24(28,29)30/h4-7,10-12H,3,8-9,13H2,1-2H3. The maximum absolute atomic E-state index is 13.4. The van der Waals surface area contributed by atoms with Crippen LogP contribution in [-0.2, 0) is 38.8 Å². The predicted molar refractivity (Wildman–Crippen MR) is 111 cm³/mol. The van der Waals surface area contributed by atoms with Crippen molar-refractivity contribution in [3.63, 3.8) is 0 Å². The summed E-state index contributed by atoms with van der Waals surface area (Å²) in [5.41, 5.74) is -5.25. The van der Waals surface area contributed by atoms with Gasteiger partial charge in [0, 0.05) is 24.1 Å². The van der Waals surface area contributed by atoms with Gasteiger partial charge in [-0.3, -0.25) is 4.79 Å². The van der Waals surface area contributed by atoms with E-state index in [1.807, 2.05) is 0 Å². The lowest BCUT2D eigenvalue weighted by Crippen LogP contribution is -2.50. The smallest absolute Gasteiger partial charge is 0.416 e. The quantitative estimate of drug-likeness (QED) is 0.371. The van der Waals surface area contributed by atoms with E-state index < -0.39 is 53.0 Å². The van der Waals surface area contributed by atoms with Gasteiger partial charge < -0.3 is 14.4 Å². The molecule has 0 spiro atoms. The van der Waals surface area contributed by atoms with Crippen LogP contribution in [0.15, 0.2) is 42.5 Å². The van der Waals surface area contributed by atoms with Gasteiger partial charge in [0.1, 0.15) is 5.78 Å². The molecule has 1 aliphatic rings. The van der Waals surface area contributed by atoms with Crippen LogP contribution in [0.2, 0.25) is 0 Å². The number of hydrogen-bond donors (Lipinski definition) is 0. The minimum atomic E-state index is -5.08. The van der Waals surface area contributed by atoms with Crippen molar-refractivity contribution in [2.24, 2.45) is 0 Å². The van der Waals surface area contributed by atoms with E-state index in [9.17, 15) is 40.7 Å². The Morgan fingerprint density at radius 2 is 1.54 bits per heavy atom. The monoisotopic (exact) mass is 501 g/mol. The molecule has 2 aromatic rings. The first kappa shape index (κ1) is 26.2. The molecule has 0 saturated carbocycles. The van der Waals surface area contributed by atoms with Crippen molar-refractivity contribution >= 4 is 17.7 Å². The summed E-state index contributed by atoms with van der Waals surface area (Å²) in [5, 5.41) is 0. The highest BCUT2D eigenvalue weighted by Gasteiger charge is 2.55. The van der Waals surface area contributed by atoms with E-state index in [1.54, 1.807) is 0 Å². The highest BCUT2D eigenvalue weighted by atomic mass is 19.4. The molecule has 0 radical (unpaired) electrons. The first-order chi connectivity index (χ1) is 16.2. The number of carbonyl (C=O) groups excluding carboxylic acids is 3. The number of rotatable bonds is 7. The third-order valence-corrected chi connectivity index (χ3v) is 5.75. The van der Waals surface area contributed by atoms with Gasteiger partial charge in [0.2, 0.25) is 0 Å². The summed E-state index contributed by atoms with van der Waals surface area (Å²) in [7, 11) is 0. The molecule has 35 heavy (non-hydrogen) atoms. The lowest BCUT2D eigenvalue weighted by atomic mass is 9.84. The Morgan fingerprint density at radius 3 is 2.06 bits per heavy atom. The molecule has 0 aromatic heterocycles. The molecule has 2 aromatic carbocycles. The molecule has 1 amide bonds. The minimum Gasteiger partial charge on any atom is -0.464 e. The van der Waals surface area contributed by atoms with Crippen LogP contribution in [0.1, 0.15) is 59.3 Å². The Kier molecular flexibility index (Phi) is 7.01. The molecule has 0 aliphatic carbocycles. The SMILES string of the molecule is CCOC(=O)C1(CCC(C)=O)c2ccccc2C(=O)N1Cc1cc(C(F)(F)F)cc(C(F)(F)F)c1. The maximum Gasteiger partial charge on any atom is 0.416 e. The number of amides is 1. The van der Waals surface area contributed by atoms with Crippen molar-refractivity contribution in [2.45, 2.75) is 51.1 Å². The Morgan fingerprint density at radius 1 is 0.971 bits per heavy atom. The Hall–Kier alpha value is -3.37. The average Bonchev–Trinajstić information content (AvgIpc) is 3.00. The third kappa shape index (κ3) is 5.03. The second kappa shape index (κ2) is 9.35. The van der Waals surface area contributed by atoms with Gasteiger partial charge in [-0.15, -0.1) is 0 Å². The molecule has 3 rings (SSSR count). The molecule has 1 atom stereocenters. The van der Waals surface area contributed by atoms with Gasteiger partial charge in [-0.25, -0.2) is 4.79 Å². The zero-order chi connectivity index (χ0) is 26.2. The number of ketones is 1. The highest BCUT2D eigenvalue weighted by molar-refractivity contribution is 6.06. The number of alkyl halides is 6. The van der Waals surface area contributed by atoms with Gasteiger partial charge >= 0.3 is 18.3 Å². The average molecular weight is 501 g/mol. The van der Waals surface area contributed by atoms with E-state index in [1.165, 1.54) is 38.1 Å². The van der Waals surface area contributed by atoms with Crippen molar-refractivity contribution in [1.82, 2.24) is 4.90 Å². The number of benzene rings is 2. The molecular formula is C24H21F6NO4. The van der Waals surface area contributed by atoms with Crippen molar-refractivity contribution < 1.29 is 45.5 Å². The molecule has 0 bridgehead atoms. The largest absolute Gasteiger partial charge is 0.464 e. The van der Waals surface area contributed by atoms with Crippen LogP contribution >= 0.6 is 0 Å². The van der Waals surface area contributed by atoms with Gasteiger partial charge in [-0.2, -0.15) is 26.3 Å². The molecule has 0 fully saturated rings. The van der Waals surface area contributed by atoms with Crippen molar-refractivity contribution in [3.8, 4) is 0 Å². The fourth-order valence-corrected chi connectivity index (χ4v) is 4.19. The molecular weight excluding hydrogens is 480 g/mol. The van der Waals surface area contributed by atoms with Gasteiger partial charge in [0.05, 0.1) is 17.7 Å². The molecule has 0 N–H and O–H groups in total. The van der Waals surface area contributed by atoms with E-state index in [0.717, 1.165) is 4.90 Å².